The lowest BCUT2D eigenvalue weighted by Crippen LogP contribution is -2.30. The number of piperidine rings is 1. The van der Waals surface area contributed by atoms with Crippen LogP contribution in [0.4, 0.5) is 0 Å². The van der Waals surface area contributed by atoms with Crippen molar-refractivity contribution in [3.8, 4) is 0 Å². The SMILES string of the molecule is O=[15N]N1CC2CC(C1)c1cc3nccnc3cc12. The molecule has 2 heterocycles. The molecule has 1 aromatic heterocycles. The van der Waals surface area contributed by atoms with Crippen molar-refractivity contribution in [2.75, 3.05) is 13.1 Å². The van der Waals surface area contributed by atoms with Crippen molar-refractivity contribution in [1.82, 2.24) is 15.0 Å². The van der Waals surface area contributed by atoms with Crippen LogP contribution in [0.5, 0.6) is 0 Å². The van der Waals surface area contributed by atoms with Crippen LogP contribution in [0, 0.1) is 4.91 Å². The molecule has 1 saturated heterocycles. The molecule has 1 aliphatic carbocycles. The molecule has 0 amide bonds. The van der Waals surface area contributed by atoms with Gasteiger partial charge in [0.25, 0.3) is 0 Å². The van der Waals surface area contributed by atoms with Gasteiger partial charge in [-0.3, -0.25) is 15.0 Å². The molecule has 2 unspecified atom stereocenters. The van der Waals surface area contributed by atoms with Gasteiger partial charge in [-0.05, 0) is 29.7 Å². The largest absolute Gasteiger partial charge is 0.260 e. The van der Waals surface area contributed by atoms with Gasteiger partial charge in [0.2, 0.25) is 0 Å². The maximum Gasteiger partial charge on any atom is 0.0889 e. The first-order chi connectivity index (χ1) is 8.85. The van der Waals surface area contributed by atoms with E-state index in [1.165, 1.54) is 11.1 Å². The molecule has 2 bridgehead atoms. The minimum absolute atomic E-state index is 0.419. The predicted molar refractivity (Wildman–Crippen MR) is 67.0 cm³/mol. The Morgan fingerprint density at radius 1 is 1.06 bits per heavy atom. The van der Waals surface area contributed by atoms with Crippen LogP contribution in [-0.2, 0) is 0 Å². The van der Waals surface area contributed by atoms with Crippen molar-refractivity contribution >= 4 is 11.0 Å². The Morgan fingerprint density at radius 2 is 1.61 bits per heavy atom. The third kappa shape index (κ3) is 1.27. The second-order valence-corrected chi connectivity index (χ2v) is 5.11. The molecule has 5 nitrogen and oxygen atoms in total. The summed E-state index contributed by atoms with van der Waals surface area (Å²) in [6.45, 7) is 1.47. The monoisotopic (exact) mass is 241 g/mol. The highest BCUT2D eigenvalue weighted by Gasteiger charge is 2.38. The van der Waals surface area contributed by atoms with Crippen molar-refractivity contribution in [2.24, 2.45) is 5.29 Å². The quantitative estimate of drug-likeness (QED) is 0.567. The summed E-state index contributed by atoms with van der Waals surface area (Å²) in [7, 11) is 0. The molecule has 2 atom stereocenters. The predicted octanol–water partition coefficient (Wildman–Crippen LogP) is 2.20. The van der Waals surface area contributed by atoms with Gasteiger partial charge < -0.3 is 0 Å². The van der Waals surface area contributed by atoms with E-state index in [1.807, 2.05) is 0 Å². The van der Waals surface area contributed by atoms with E-state index >= 15 is 0 Å². The fraction of sp³-hybridized carbons (Fsp3) is 0.385. The van der Waals surface area contributed by atoms with E-state index in [2.05, 4.69) is 27.4 Å². The summed E-state index contributed by atoms with van der Waals surface area (Å²) in [5.41, 5.74) is 4.54. The van der Waals surface area contributed by atoms with Crippen LogP contribution in [0.25, 0.3) is 11.0 Å². The molecule has 90 valence electrons. The highest BCUT2D eigenvalue weighted by Crippen LogP contribution is 2.46. The first-order valence-corrected chi connectivity index (χ1v) is 6.18. The third-order valence-corrected chi connectivity index (χ3v) is 4.10. The van der Waals surface area contributed by atoms with E-state index in [4.69, 9.17) is 0 Å². The van der Waals surface area contributed by atoms with Gasteiger partial charge in [-0.2, -0.15) is 0 Å². The molecule has 2 aliphatic rings. The standard InChI is InChI=1S/C13H12N4O/c18-16-17-6-8-3-9(7-17)11-5-13-12(4-10(8)11)14-1-2-15-13/h1-2,4-5,8-9H,3,6-7H2/i16+1. The van der Waals surface area contributed by atoms with Crippen LogP contribution in [0.3, 0.4) is 0 Å². The van der Waals surface area contributed by atoms with E-state index < -0.39 is 0 Å². The Kier molecular flexibility index (Phi) is 1.92. The summed E-state index contributed by atoms with van der Waals surface area (Å²) in [5, 5.41) is 4.74. The molecular weight excluding hydrogens is 229 g/mol. The zero-order valence-electron chi connectivity index (χ0n) is 9.78. The Bertz CT molecular complexity index is 591. The van der Waals surface area contributed by atoms with Gasteiger partial charge in [-0.1, -0.05) is 0 Å². The molecule has 0 radical (unpaired) electrons. The molecule has 5 heteroatoms. The van der Waals surface area contributed by atoms with Crippen LogP contribution < -0.4 is 0 Å². The van der Waals surface area contributed by atoms with Gasteiger partial charge in [-0.25, -0.2) is 0 Å². The summed E-state index contributed by atoms with van der Waals surface area (Å²) in [4.78, 5) is 19.4. The average Bonchev–Trinajstić information content (AvgIpc) is 2.68. The summed E-state index contributed by atoms with van der Waals surface area (Å²) in [6.07, 6.45) is 4.56. The van der Waals surface area contributed by atoms with Gasteiger partial charge >= 0.3 is 0 Å². The topological polar surface area (TPSA) is 58.5 Å². The normalized spacial score (nSPS) is 25.2. The van der Waals surface area contributed by atoms with Crippen molar-refractivity contribution < 1.29 is 0 Å². The van der Waals surface area contributed by atoms with Crippen LogP contribution in [0.1, 0.15) is 29.4 Å². The van der Waals surface area contributed by atoms with Gasteiger partial charge in [0, 0.05) is 37.3 Å². The number of benzene rings is 1. The molecule has 1 aliphatic heterocycles. The Hall–Kier alpha value is -2.04. The minimum atomic E-state index is 0.419. The van der Waals surface area contributed by atoms with Gasteiger partial charge in [0.15, 0.2) is 0 Å². The third-order valence-electron chi connectivity index (χ3n) is 4.10. The lowest BCUT2D eigenvalue weighted by Gasteiger charge is -2.26. The first-order valence-electron chi connectivity index (χ1n) is 6.18. The Balaban J connectivity index is 1.90. The maximum atomic E-state index is 10.7. The van der Waals surface area contributed by atoms with Gasteiger partial charge in [-0.15, -0.1) is 4.91 Å². The molecule has 0 saturated carbocycles. The smallest absolute Gasteiger partial charge is 0.0889 e. The number of nitroso groups, excluding NO2 is 1. The van der Waals surface area contributed by atoms with Gasteiger partial charge in [0.1, 0.15) is 0 Å². The minimum Gasteiger partial charge on any atom is -0.260 e. The average molecular weight is 241 g/mol. The van der Waals surface area contributed by atoms with E-state index in [9.17, 15) is 4.91 Å². The van der Waals surface area contributed by atoms with E-state index in [0.717, 1.165) is 30.5 Å². The molecule has 1 fully saturated rings. The number of rotatable bonds is 1. The number of nitrogens with zero attached hydrogens (tertiary/aromatic N) is 4. The number of hydrogen-bond donors (Lipinski definition) is 0. The molecule has 18 heavy (non-hydrogen) atoms. The van der Waals surface area contributed by atoms with E-state index in [-0.39, 0.29) is 0 Å². The zero-order chi connectivity index (χ0) is 12.1. The van der Waals surface area contributed by atoms with Crippen LogP contribution in [0.2, 0.25) is 0 Å². The second kappa shape index (κ2) is 3.48. The van der Waals surface area contributed by atoms with Crippen LogP contribution >= 0.6 is 0 Å². The summed E-state index contributed by atoms with van der Waals surface area (Å²) < 4.78 is 0. The highest BCUT2D eigenvalue weighted by atomic mass is 16.5. The second-order valence-electron chi connectivity index (χ2n) is 5.11. The summed E-state index contributed by atoms with van der Waals surface area (Å²) in [6, 6.07) is 4.27. The zero-order valence-corrected chi connectivity index (χ0v) is 9.78. The molecular formula is C13H12N4O. The van der Waals surface area contributed by atoms with Gasteiger partial charge in [0.05, 0.1) is 16.3 Å². The van der Waals surface area contributed by atoms with E-state index in [1.54, 1.807) is 17.4 Å². The highest BCUT2D eigenvalue weighted by molar-refractivity contribution is 5.77. The van der Waals surface area contributed by atoms with E-state index in [0.29, 0.717) is 11.8 Å². The van der Waals surface area contributed by atoms with Crippen molar-refractivity contribution in [3.05, 3.63) is 40.6 Å². The lowest BCUT2D eigenvalue weighted by molar-refractivity contribution is 0.208. The molecule has 0 N–H and O–H groups in total. The van der Waals surface area contributed by atoms with Crippen molar-refractivity contribution in [2.45, 2.75) is 18.3 Å². The summed E-state index contributed by atoms with van der Waals surface area (Å²) in [5.74, 6) is 0.839. The fourth-order valence-corrected chi connectivity index (χ4v) is 3.34. The Labute approximate surface area is 104 Å². The van der Waals surface area contributed by atoms with Crippen LogP contribution in [-0.4, -0.2) is 28.1 Å². The molecule has 4 rings (SSSR count). The number of fused-ring (bicyclic) bond motifs is 6. The molecule has 2 aromatic rings. The fourth-order valence-electron chi connectivity index (χ4n) is 3.34. The molecule has 0 spiro atoms. The van der Waals surface area contributed by atoms with Crippen molar-refractivity contribution in [1.29, 1.82) is 0 Å². The van der Waals surface area contributed by atoms with Crippen molar-refractivity contribution in [3.63, 3.8) is 0 Å². The first kappa shape index (κ1) is 9.94. The number of hydrogen-bond acceptors (Lipinski definition) is 4. The van der Waals surface area contributed by atoms with Crippen LogP contribution in [0.15, 0.2) is 29.8 Å². The lowest BCUT2D eigenvalue weighted by atomic mass is 9.97. The maximum absolute atomic E-state index is 10.7. The molecule has 1 aromatic carbocycles. The Morgan fingerprint density at radius 3 is 2.11 bits per heavy atom. The summed E-state index contributed by atoms with van der Waals surface area (Å²) >= 11 is 0. The number of aromatic nitrogens is 2.